The Labute approximate surface area is 775 Å². The van der Waals surface area contributed by atoms with Gasteiger partial charge < -0.3 is 18.9 Å². The Kier molecular flexibility index (Phi) is 21.3. The summed E-state index contributed by atoms with van der Waals surface area (Å²) in [6, 6.07) is 152. The molecule has 0 aromatic heterocycles. The maximum atomic E-state index is 5.72. The maximum Gasteiger partial charge on any atom is 0.124 e. The van der Waals surface area contributed by atoms with Crippen LogP contribution >= 0.6 is 0 Å². The van der Waals surface area contributed by atoms with Crippen LogP contribution in [0.25, 0.3) is 87.6 Å². The quantitative estimate of drug-likeness (QED) is 0.122. The molecular weight excluding hydrogens is 1600 g/mol. The fraction of sp³-hybridized carbons (Fsp3) is 0.125. The normalized spacial score (nSPS) is 13.5. The highest BCUT2D eigenvalue weighted by Crippen LogP contribution is 2.62. The Balaban J connectivity index is 0.000000107. The van der Waals surface area contributed by atoms with Crippen LogP contribution in [0.15, 0.2) is 413 Å². The van der Waals surface area contributed by atoms with Crippen molar-refractivity contribution >= 4 is 43.1 Å². The van der Waals surface area contributed by atoms with Gasteiger partial charge in [-0.05, 0) is 320 Å². The molecule has 0 atom stereocenters. The van der Waals surface area contributed by atoms with Gasteiger partial charge in [-0.1, -0.05) is 369 Å². The third kappa shape index (κ3) is 13.4. The first-order chi connectivity index (χ1) is 64.5. The zero-order valence-electron chi connectivity index (χ0n) is 76.9. The lowest BCUT2D eigenvalue weighted by molar-refractivity contribution is 0.408. The summed E-state index contributed by atoms with van der Waals surface area (Å²) < 4.78 is 22.2. The minimum atomic E-state index is -0.414. The predicted molar refractivity (Wildman–Crippen MR) is 549 cm³/mol. The third-order valence-electron chi connectivity index (χ3n) is 29.1. The molecule has 4 heteroatoms. The van der Waals surface area contributed by atoms with Gasteiger partial charge in [0.2, 0.25) is 0 Å². The van der Waals surface area contributed by atoms with Crippen molar-refractivity contribution in [2.45, 2.75) is 77.0 Å². The van der Waals surface area contributed by atoms with Gasteiger partial charge in [-0.2, -0.15) is 0 Å². The highest BCUT2D eigenvalue weighted by Gasteiger charge is 2.51. The molecule has 4 aliphatic rings. The molecule has 0 amide bonds. The van der Waals surface area contributed by atoms with Crippen molar-refractivity contribution in [1.29, 1.82) is 0 Å². The molecule has 0 fully saturated rings. The summed E-state index contributed by atoms with van der Waals surface area (Å²) in [5, 5.41) is 9.88. The summed E-state index contributed by atoms with van der Waals surface area (Å²) in [5.41, 5.74) is 40.3. The van der Waals surface area contributed by atoms with E-state index in [0.717, 1.165) is 23.0 Å². The molecule has 4 nitrogen and oxygen atoms in total. The first kappa shape index (κ1) is 83.5. The van der Waals surface area contributed by atoms with E-state index >= 15 is 0 Å². The van der Waals surface area contributed by atoms with Gasteiger partial charge in [0.05, 0.1) is 50.1 Å². The predicted octanol–water partition coefficient (Wildman–Crippen LogP) is 31.3. The van der Waals surface area contributed by atoms with Crippen LogP contribution in [0.2, 0.25) is 0 Å². The van der Waals surface area contributed by atoms with E-state index in [2.05, 4.69) is 456 Å². The van der Waals surface area contributed by atoms with Crippen molar-refractivity contribution in [3.05, 3.63) is 546 Å². The fourth-order valence-electron chi connectivity index (χ4n) is 22.8. The van der Waals surface area contributed by atoms with Crippen molar-refractivity contribution < 1.29 is 18.9 Å². The molecule has 0 saturated carbocycles. The smallest absolute Gasteiger partial charge is 0.124 e. The number of hydrogen-bond donors (Lipinski definition) is 0. The minimum absolute atomic E-state index is 0.326. The van der Waals surface area contributed by atoms with Crippen molar-refractivity contribution in [2.75, 3.05) is 28.4 Å². The number of ether oxygens (including phenoxy) is 4. The SMILES string of the molecule is COc1c(C)cc(C2(c3cc(C)c(C)c(C)c3)c3ccccc3-c3ccccc32)cc1C.COc1ccc(C2(c3ccc(C)cc3)c3ccccc3-c3ccccc32)cc1.COc1ccc2cc(C3(c4ccc5cc(C)ccc5c4)c4ccccc4-c4ccccc43)ccc2c1.COc1ccc2ccc(C3(c4ccc5ccc(C)cc5c4)c4ccccc4-c4ccccc43)cc2c1. The van der Waals surface area contributed by atoms with Gasteiger partial charge in [0, 0.05) is 0 Å². The van der Waals surface area contributed by atoms with Crippen molar-refractivity contribution in [3.8, 4) is 67.5 Å². The van der Waals surface area contributed by atoms with E-state index in [1.54, 1.807) is 28.4 Å². The second kappa shape index (κ2) is 33.6. The molecule has 640 valence electrons. The number of aryl methyl sites for hydroxylation is 7. The van der Waals surface area contributed by atoms with Crippen LogP contribution < -0.4 is 18.9 Å². The number of hydrogen-bond acceptors (Lipinski definition) is 4. The number of rotatable bonds is 12. The molecule has 0 N–H and O–H groups in total. The van der Waals surface area contributed by atoms with Gasteiger partial charge in [0.15, 0.2) is 0 Å². The molecule has 0 unspecified atom stereocenters. The second-order valence-electron chi connectivity index (χ2n) is 36.3. The number of benzene rings is 20. The van der Waals surface area contributed by atoms with Gasteiger partial charge >= 0.3 is 0 Å². The summed E-state index contributed by atoms with van der Waals surface area (Å²) in [6.45, 7) is 17.5. The van der Waals surface area contributed by atoms with E-state index < -0.39 is 10.8 Å². The van der Waals surface area contributed by atoms with E-state index in [0.29, 0.717) is 0 Å². The van der Waals surface area contributed by atoms with Gasteiger partial charge in [0.25, 0.3) is 0 Å². The Morgan fingerprint density at radius 3 is 0.742 bits per heavy atom. The maximum absolute atomic E-state index is 5.72. The molecule has 0 heterocycles. The fourth-order valence-corrected chi connectivity index (χ4v) is 22.8. The lowest BCUT2D eigenvalue weighted by Gasteiger charge is -2.35. The van der Waals surface area contributed by atoms with Gasteiger partial charge in [-0.3, -0.25) is 0 Å². The molecule has 20 aromatic carbocycles. The van der Waals surface area contributed by atoms with Crippen LogP contribution in [0.4, 0.5) is 0 Å². The van der Waals surface area contributed by atoms with Crippen LogP contribution in [-0.4, -0.2) is 28.4 Å². The van der Waals surface area contributed by atoms with Gasteiger partial charge in [-0.15, -0.1) is 0 Å². The largest absolute Gasteiger partial charge is 0.497 e. The summed E-state index contributed by atoms with van der Waals surface area (Å²) >= 11 is 0. The van der Waals surface area contributed by atoms with Crippen LogP contribution in [-0.2, 0) is 21.7 Å². The molecule has 0 saturated heterocycles. The summed E-state index contributed by atoms with van der Waals surface area (Å²) in [7, 11) is 6.92. The standard InChI is InChI=1S/2C35H26O.C31H30O.C27H22O/c1-23-11-12-25-20-28(16-13-24(25)19-23)35(29-17-14-27-22-30(36-2)18-15-26(27)21-29)33-9-5-3-7-31(33)32-8-4-6-10-34(32)35;1-23-11-12-24-13-16-28(20-26(24)19-23)35(29-17-14-25-15-18-30(36-2)22-27(25)21-29)33-9-5-3-7-31(33)32-8-4-6-10-34(32)35;1-19-15-24(16-20(2)23(19)5)31(25-17-21(3)30(32-6)22(4)18-25)28-13-9-7-11-26(28)27-12-8-10-14-29(27)31;1-19-11-13-20(14-12-19)27(21-15-17-22(28-2)18-16-21)25-9-5-3-7-23(25)24-8-4-6-10-26(24)27/h2*3-22H,1-2H3;7-18H,1-6H3;3-18H,1-2H3. The second-order valence-corrected chi connectivity index (χ2v) is 36.3. The number of methoxy groups -OCH3 is 4. The lowest BCUT2D eigenvalue weighted by Crippen LogP contribution is -2.29. The first-order valence-electron chi connectivity index (χ1n) is 45.9. The van der Waals surface area contributed by atoms with E-state index in [9.17, 15) is 0 Å². The molecule has 0 bridgehead atoms. The Morgan fingerprint density at radius 1 is 0.159 bits per heavy atom. The molecule has 24 rings (SSSR count). The first-order valence-corrected chi connectivity index (χ1v) is 45.9. The van der Waals surface area contributed by atoms with Gasteiger partial charge in [0.1, 0.15) is 23.0 Å². The average molecular weight is 1710 g/mol. The molecular formula is C128H104O4. The summed E-state index contributed by atoms with van der Waals surface area (Å²) in [6.07, 6.45) is 0. The van der Waals surface area contributed by atoms with Crippen molar-refractivity contribution in [2.24, 2.45) is 0 Å². The monoisotopic (exact) mass is 1700 g/mol. The van der Waals surface area contributed by atoms with E-state index in [4.69, 9.17) is 18.9 Å². The van der Waals surface area contributed by atoms with Crippen molar-refractivity contribution in [1.82, 2.24) is 0 Å². The average Bonchev–Trinajstić information content (AvgIpc) is 1.51. The molecule has 0 radical (unpaired) electrons. The topological polar surface area (TPSA) is 36.9 Å². The Hall–Kier alpha value is -15.4. The van der Waals surface area contributed by atoms with E-state index in [1.807, 2.05) is 12.1 Å². The van der Waals surface area contributed by atoms with Crippen LogP contribution in [0, 0.1) is 55.4 Å². The zero-order chi connectivity index (χ0) is 90.3. The number of fused-ring (bicyclic) bond motifs is 16. The highest BCUT2D eigenvalue weighted by molar-refractivity contribution is 5.96. The van der Waals surface area contributed by atoms with Gasteiger partial charge in [-0.25, -0.2) is 0 Å². The van der Waals surface area contributed by atoms with Crippen molar-refractivity contribution in [3.63, 3.8) is 0 Å². The van der Waals surface area contributed by atoms with E-state index in [1.165, 1.54) is 221 Å². The van der Waals surface area contributed by atoms with E-state index in [-0.39, 0.29) is 10.8 Å². The molecule has 4 aliphatic carbocycles. The van der Waals surface area contributed by atoms with Crippen LogP contribution in [0.1, 0.15) is 134 Å². The molecule has 20 aromatic rings. The third-order valence-corrected chi connectivity index (χ3v) is 29.1. The van der Waals surface area contributed by atoms with Crippen LogP contribution in [0.3, 0.4) is 0 Å². The Bertz CT molecular complexity index is 7710. The summed E-state index contributed by atoms with van der Waals surface area (Å²) in [5.74, 6) is 3.61. The Morgan fingerprint density at radius 2 is 0.386 bits per heavy atom. The minimum Gasteiger partial charge on any atom is -0.497 e. The summed E-state index contributed by atoms with van der Waals surface area (Å²) in [4.78, 5) is 0. The molecule has 0 aliphatic heterocycles. The molecule has 0 spiro atoms. The highest BCUT2D eigenvalue weighted by atomic mass is 16.5. The zero-order valence-corrected chi connectivity index (χ0v) is 76.9. The molecule has 132 heavy (non-hydrogen) atoms. The van der Waals surface area contributed by atoms with Crippen LogP contribution in [0.5, 0.6) is 23.0 Å². The lowest BCUT2D eigenvalue weighted by atomic mass is 9.66.